The molecule has 11 heteroatoms. The van der Waals surface area contributed by atoms with Crippen molar-refractivity contribution >= 4 is 44.0 Å². The molecule has 208 valence electrons. The zero-order valence-corrected chi connectivity index (χ0v) is 23.1. The molecule has 1 aliphatic rings. The van der Waals surface area contributed by atoms with Gasteiger partial charge in [-0.25, -0.2) is 8.42 Å². The number of oxime groups is 1. The molecule has 0 atom stereocenters. The Morgan fingerprint density at radius 3 is 2.49 bits per heavy atom. The number of carbonyl (C=O) groups excluding carboxylic acids is 1. The van der Waals surface area contributed by atoms with Gasteiger partial charge in [-0.05, 0) is 79.7 Å². The Kier molecular flexibility index (Phi) is 8.93. The van der Waals surface area contributed by atoms with E-state index in [0.29, 0.717) is 16.8 Å². The van der Waals surface area contributed by atoms with Crippen molar-refractivity contribution in [1.82, 2.24) is 4.90 Å². The number of hydrogen-bond donors (Lipinski definition) is 2. The van der Waals surface area contributed by atoms with Crippen LogP contribution in [0.1, 0.15) is 24.5 Å². The van der Waals surface area contributed by atoms with Crippen LogP contribution >= 0.6 is 0 Å². The van der Waals surface area contributed by atoms with Crippen molar-refractivity contribution in [1.29, 1.82) is 0 Å². The highest BCUT2D eigenvalue weighted by molar-refractivity contribution is 7.93. The molecule has 10 nitrogen and oxygen atoms in total. The standard InChI is InChI=1S/C28H35N5O5S/c1-3-38-27(34)20-39(36,37)33(26-11-9-25(10-12-26)32-14-4-13-31(2)15-16-32)19-21-5-6-22-7-8-23(28(29)30-35)18-24(22)17-21/h5-12,17-18,35H,3-4,13-16,19-20H2,1-2H3,(H2,29,30). The summed E-state index contributed by atoms with van der Waals surface area (Å²) in [6, 6.07) is 18.4. The van der Waals surface area contributed by atoms with Gasteiger partial charge in [0.25, 0.3) is 0 Å². The van der Waals surface area contributed by atoms with Gasteiger partial charge in [0.05, 0.1) is 18.8 Å². The zero-order valence-electron chi connectivity index (χ0n) is 22.3. The van der Waals surface area contributed by atoms with Gasteiger partial charge in [-0.3, -0.25) is 9.10 Å². The van der Waals surface area contributed by atoms with Crippen molar-refractivity contribution in [3.05, 3.63) is 71.8 Å². The maximum absolute atomic E-state index is 13.5. The molecule has 4 rings (SSSR count). The molecular formula is C28H35N5O5S. The van der Waals surface area contributed by atoms with Gasteiger partial charge in [0.2, 0.25) is 10.0 Å². The minimum Gasteiger partial charge on any atom is -0.465 e. The number of benzene rings is 3. The summed E-state index contributed by atoms with van der Waals surface area (Å²) in [5, 5.41) is 13.8. The lowest BCUT2D eigenvalue weighted by molar-refractivity contribution is -0.139. The predicted octanol–water partition coefficient (Wildman–Crippen LogP) is 2.98. The molecule has 0 spiro atoms. The molecule has 3 aromatic carbocycles. The predicted molar refractivity (Wildman–Crippen MR) is 154 cm³/mol. The van der Waals surface area contributed by atoms with Crippen molar-refractivity contribution in [2.24, 2.45) is 10.9 Å². The van der Waals surface area contributed by atoms with Gasteiger partial charge in [0.1, 0.15) is 0 Å². The molecule has 0 unspecified atom stereocenters. The summed E-state index contributed by atoms with van der Waals surface area (Å²) in [6.45, 7) is 5.58. The molecule has 0 radical (unpaired) electrons. The van der Waals surface area contributed by atoms with Crippen LogP contribution in [-0.4, -0.2) is 75.9 Å². The average molecular weight is 554 g/mol. The number of hydrogen-bond acceptors (Lipinski definition) is 8. The van der Waals surface area contributed by atoms with Gasteiger partial charge in [-0.15, -0.1) is 0 Å². The lowest BCUT2D eigenvalue weighted by Gasteiger charge is -2.27. The number of amidine groups is 1. The number of sulfonamides is 1. The fourth-order valence-corrected chi connectivity index (χ4v) is 6.02. The molecule has 1 saturated heterocycles. The highest BCUT2D eigenvalue weighted by Gasteiger charge is 2.27. The second-order valence-corrected chi connectivity index (χ2v) is 11.5. The number of esters is 1. The number of rotatable bonds is 9. The molecule has 1 aliphatic heterocycles. The molecule has 1 heterocycles. The highest BCUT2D eigenvalue weighted by Crippen LogP contribution is 2.27. The molecule has 0 amide bonds. The summed E-state index contributed by atoms with van der Waals surface area (Å²) >= 11 is 0. The van der Waals surface area contributed by atoms with E-state index in [9.17, 15) is 13.2 Å². The largest absolute Gasteiger partial charge is 0.465 e. The molecule has 3 aromatic rings. The van der Waals surface area contributed by atoms with E-state index < -0.39 is 21.7 Å². The van der Waals surface area contributed by atoms with E-state index in [4.69, 9.17) is 15.7 Å². The Morgan fingerprint density at radius 2 is 1.77 bits per heavy atom. The topological polar surface area (TPSA) is 129 Å². The number of carbonyl (C=O) groups is 1. The van der Waals surface area contributed by atoms with Crippen molar-refractivity contribution in [3.8, 4) is 0 Å². The lowest BCUT2D eigenvalue weighted by atomic mass is 10.0. The third kappa shape index (κ3) is 6.98. The number of nitrogens with two attached hydrogens (primary N) is 1. The van der Waals surface area contributed by atoms with Crippen LogP contribution < -0.4 is 14.9 Å². The van der Waals surface area contributed by atoms with Gasteiger partial charge in [-0.2, -0.15) is 0 Å². The van der Waals surface area contributed by atoms with Crippen molar-refractivity contribution in [2.75, 3.05) is 54.8 Å². The summed E-state index contributed by atoms with van der Waals surface area (Å²) < 4.78 is 33.2. The van der Waals surface area contributed by atoms with Crippen LogP contribution in [0.25, 0.3) is 10.8 Å². The molecule has 0 aromatic heterocycles. The summed E-state index contributed by atoms with van der Waals surface area (Å²) in [7, 11) is -1.95. The fourth-order valence-electron chi connectivity index (χ4n) is 4.69. The molecule has 3 N–H and O–H groups in total. The molecule has 39 heavy (non-hydrogen) atoms. The Bertz CT molecular complexity index is 1440. The second kappa shape index (κ2) is 12.4. The van der Waals surface area contributed by atoms with Gasteiger partial charge in [0.15, 0.2) is 11.6 Å². The second-order valence-electron chi connectivity index (χ2n) is 9.61. The maximum Gasteiger partial charge on any atom is 0.323 e. The van der Waals surface area contributed by atoms with Gasteiger partial charge in [-0.1, -0.05) is 29.4 Å². The first-order valence-electron chi connectivity index (χ1n) is 12.9. The Labute approximate surface area is 229 Å². The van der Waals surface area contributed by atoms with Crippen molar-refractivity contribution in [2.45, 2.75) is 19.9 Å². The first-order chi connectivity index (χ1) is 18.7. The smallest absolute Gasteiger partial charge is 0.323 e. The summed E-state index contributed by atoms with van der Waals surface area (Å²) in [5.41, 5.74) is 8.50. The van der Waals surface area contributed by atoms with Gasteiger partial charge < -0.3 is 25.5 Å². The number of nitrogens with zero attached hydrogens (tertiary/aromatic N) is 4. The van der Waals surface area contributed by atoms with Crippen molar-refractivity contribution < 1.29 is 23.2 Å². The van der Waals surface area contributed by atoms with Crippen LogP contribution in [-0.2, 0) is 26.1 Å². The number of ether oxygens (including phenoxy) is 1. The summed E-state index contributed by atoms with van der Waals surface area (Å²) in [4.78, 5) is 16.8. The quantitative estimate of drug-likeness (QED) is 0.136. The molecule has 0 aliphatic carbocycles. The number of fused-ring (bicyclic) bond motifs is 1. The first-order valence-corrected chi connectivity index (χ1v) is 14.5. The van der Waals surface area contributed by atoms with Crippen LogP contribution in [0.4, 0.5) is 11.4 Å². The van der Waals surface area contributed by atoms with Gasteiger partial charge >= 0.3 is 5.97 Å². The fraction of sp³-hybridized carbons (Fsp3) is 0.357. The highest BCUT2D eigenvalue weighted by atomic mass is 32.2. The van der Waals surface area contributed by atoms with Crippen LogP contribution in [0.2, 0.25) is 0 Å². The van der Waals surface area contributed by atoms with E-state index >= 15 is 0 Å². The molecule has 0 bridgehead atoms. The number of likely N-dealkylation sites (N-methyl/N-ethyl adjacent to an activating group) is 1. The van der Waals surface area contributed by atoms with E-state index in [0.717, 1.165) is 49.1 Å². The van der Waals surface area contributed by atoms with Crippen LogP contribution in [0.3, 0.4) is 0 Å². The van der Waals surface area contributed by atoms with Crippen LogP contribution in [0, 0.1) is 0 Å². The van der Waals surface area contributed by atoms with E-state index in [-0.39, 0.29) is 19.0 Å². The molecule has 0 saturated carbocycles. The van der Waals surface area contributed by atoms with Gasteiger partial charge in [0, 0.05) is 30.9 Å². The Balaban J connectivity index is 1.66. The van der Waals surface area contributed by atoms with E-state index in [2.05, 4.69) is 22.0 Å². The molecule has 1 fully saturated rings. The Hall–Kier alpha value is -3.83. The summed E-state index contributed by atoms with van der Waals surface area (Å²) in [5.74, 6) is -1.57. The average Bonchev–Trinajstić information content (AvgIpc) is 3.15. The third-order valence-corrected chi connectivity index (χ3v) is 8.41. The van der Waals surface area contributed by atoms with E-state index in [1.807, 2.05) is 36.4 Å². The van der Waals surface area contributed by atoms with E-state index in [1.165, 1.54) is 4.31 Å². The van der Waals surface area contributed by atoms with Crippen molar-refractivity contribution in [3.63, 3.8) is 0 Å². The lowest BCUT2D eigenvalue weighted by Crippen LogP contribution is -2.36. The third-order valence-electron chi connectivity index (χ3n) is 6.80. The summed E-state index contributed by atoms with van der Waals surface area (Å²) in [6.07, 6.45) is 1.05. The van der Waals surface area contributed by atoms with Crippen LogP contribution in [0.5, 0.6) is 0 Å². The maximum atomic E-state index is 13.5. The monoisotopic (exact) mass is 553 g/mol. The Morgan fingerprint density at radius 1 is 1.03 bits per heavy atom. The minimum atomic E-state index is -4.06. The molecular weight excluding hydrogens is 518 g/mol. The SMILES string of the molecule is CCOC(=O)CS(=O)(=O)N(Cc1ccc2ccc(/C(N)=N\O)cc2c1)c1ccc(N2CCCN(C)CC2)cc1. The number of anilines is 2. The minimum absolute atomic E-state index is 0.0132. The zero-order chi connectivity index (χ0) is 28.0. The van der Waals surface area contributed by atoms with Crippen LogP contribution in [0.15, 0.2) is 65.8 Å². The van der Waals surface area contributed by atoms with E-state index in [1.54, 1.807) is 31.2 Å². The normalized spacial score (nSPS) is 15.2. The first kappa shape index (κ1) is 28.2.